The smallest absolute Gasteiger partial charge is 0.374 e. The normalized spacial score (nSPS) is 12.7. The maximum absolute atomic E-state index is 13.0. The van der Waals surface area contributed by atoms with Crippen molar-refractivity contribution in [3.63, 3.8) is 0 Å². The number of aromatic nitrogens is 3. The van der Waals surface area contributed by atoms with Crippen LogP contribution in [0.3, 0.4) is 0 Å². The molecule has 9 heteroatoms. The summed E-state index contributed by atoms with van der Waals surface area (Å²) >= 11 is 1.35. The maximum atomic E-state index is 13.0. The molecule has 0 saturated heterocycles. The van der Waals surface area contributed by atoms with Crippen molar-refractivity contribution >= 4 is 11.3 Å². The lowest BCUT2D eigenvalue weighted by Gasteiger charge is -2.26. The van der Waals surface area contributed by atoms with Crippen LogP contribution in [-0.2, 0) is 19.3 Å². The van der Waals surface area contributed by atoms with E-state index in [1.54, 1.807) is 27.6 Å². The molecule has 5 nitrogen and oxygen atoms in total. The number of benzene rings is 1. The Bertz CT molecular complexity index is 1150. The van der Waals surface area contributed by atoms with Crippen LogP contribution in [0.25, 0.3) is 10.6 Å². The minimum absolute atomic E-state index is 0.0485. The molecule has 0 aliphatic carbocycles. The molecule has 3 rings (SSSR count). The first-order chi connectivity index (χ1) is 15.6. The number of halogens is 3. The lowest BCUT2D eigenvalue weighted by Crippen LogP contribution is -2.30. The number of imidazole rings is 1. The van der Waals surface area contributed by atoms with Crippen LogP contribution in [0.15, 0.2) is 59.1 Å². The molecule has 2 heterocycles. The second-order valence-electron chi connectivity index (χ2n) is 7.99. The Labute approximate surface area is 195 Å². The second-order valence-corrected chi connectivity index (χ2v) is 8.84. The molecule has 0 radical (unpaired) electrons. The van der Waals surface area contributed by atoms with Crippen LogP contribution >= 0.6 is 11.3 Å². The first kappa shape index (κ1) is 24.8. The summed E-state index contributed by atoms with van der Waals surface area (Å²) in [5.74, 6) is 0.131. The van der Waals surface area contributed by atoms with E-state index in [1.807, 2.05) is 19.2 Å². The molecule has 0 aliphatic heterocycles. The van der Waals surface area contributed by atoms with E-state index in [4.69, 9.17) is 0 Å². The van der Waals surface area contributed by atoms with E-state index in [1.165, 1.54) is 17.4 Å². The van der Waals surface area contributed by atoms with Crippen LogP contribution in [0.2, 0.25) is 0 Å². The van der Waals surface area contributed by atoms with Gasteiger partial charge in [-0.2, -0.15) is 13.2 Å². The van der Waals surface area contributed by atoms with Crippen molar-refractivity contribution < 1.29 is 13.2 Å². The van der Waals surface area contributed by atoms with Crippen molar-refractivity contribution in [3.8, 4) is 10.6 Å². The molecule has 0 fully saturated rings. The van der Waals surface area contributed by atoms with Gasteiger partial charge in [0.15, 0.2) is 0 Å². The Morgan fingerprint density at radius 1 is 1.24 bits per heavy atom. The number of alkyl halides is 3. The van der Waals surface area contributed by atoms with Crippen LogP contribution in [0.4, 0.5) is 13.2 Å². The number of nitrogens with zero attached hydrogens (tertiary/aromatic N) is 4. The Morgan fingerprint density at radius 2 is 1.97 bits per heavy atom. The third kappa shape index (κ3) is 5.96. The lowest BCUT2D eigenvalue weighted by molar-refractivity contribution is -0.137. The number of likely N-dealkylation sites (N-methyl/N-ethyl adjacent to an activating group) is 1. The van der Waals surface area contributed by atoms with E-state index >= 15 is 0 Å². The van der Waals surface area contributed by atoms with Crippen molar-refractivity contribution in [3.05, 3.63) is 76.1 Å². The number of hydrogen-bond donors (Lipinski definition) is 0. The van der Waals surface area contributed by atoms with Crippen LogP contribution < -0.4 is 5.69 Å². The van der Waals surface area contributed by atoms with Gasteiger partial charge < -0.3 is 4.90 Å². The third-order valence-electron chi connectivity index (χ3n) is 5.74. The number of hydrogen-bond acceptors (Lipinski definition) is 4. The monoisotopic (exact) mass is 478 g/mol. The van der Waals surface area contributed by atoms with Gasteiger partial charge in [0.25, 0.3) is 0 Å². The van der Waals surface area contributed by atoms with Crippen LogP contribution in [0.5, 0.6) is 0 Å². The van der Waals surface area contributed by atoms with Crippen molar-refractivity contribution in [1.82, 2.24) is 19.0 Å². The van der Waals surface area contributed by atoms with Gasteiger partial charge in [-0.3, -0.25) is 9.13 Å². The lowest BCUT2D eigenvalue weighted by atomic mass is 10.0. The van der Waals surface area contributed by atoms with Gasteiger partial charge in [-0.25, -0.2) is 9.78 Å². The summed E-state index contributed by atoms with van der Waals surface area (Å²) in [6, 6.07) is 5.27. The summed E-state index contributed by atoms with van der Waals surface area (Å²) in [6.07, 6.45) is -0.0144. The van der Waals surface area contributed by atoms with Crippen LogP contribution in [0.1, 0.15) is 44.4 Å². The first-order valence-corrected chi connectivity index (χ1v) is 11.8. The molecule has 0 bridgehead atoms. The quantitative estimate of drug-likeness (QED) is 0.368. The molecule has 1 aromatic carbocycles. The molecule has 1 unspecified atom stereocenters. The van der Waals surface area contributed by atoms with Gasteiger partial charge in [-0.1, -0.05) is 25.6 Å². The molecule has 0 spiro atoms. The Hall–Kier alpha value is -2.81. The average molecular weight is 479 g/mol. The minimum Gasteiger partial charge on any atom is -0.374 e. The zero-order chi connectivity index (χ0) is 24.2. The zero-order valence-electron chi connectivity index (χ0n) is 19.1. The highest BCUT2D eigenvalue weighted by molar-refractivity contribution is 7.13. The van der Waals surface area contributed by atoms with E-state index in [0.717, 1.165) is 43.0 Å². The Morgan fingerprint density at radius 3 is 2.61 bits per heavy atom. The van der Waals surface area contributed by atoms with Crippen molar-refractivity contribution in [2.45, 2.75) is 52.4 Å². The molecule has 0 N–H and O–H groups in total. The van der Waals surface area contributed by atoms with E-state index in [-0.39, 0.29) is 11.6 Å². The molecule has 2 aromatic heterocycles. The van der Waals surface area contributed by atoms with Crippen molar-refractivity contribution in [2.75, 3.05) is 13.1 Å². The maximum Gasteiger partial charge on any atom is 0.416 e. The predicted octanol–water partition coefficient (Wildman–Crippen LogP) is 5.84. The van der Waals surface area contributed by atoms with Gasteiger partial charge in [0.2, 0.25) is 0 Å². The predicted molar refractivity (Wildman–Crippen MR) is 126 cm³/mol. The first-order valence-electron chi connectivity index (χ1n) is 10.9. The highest BCUT2D eigenvalue weighted by atomic mass is 32.1. The van der Waals surface area contributed by atoms with E-state index in [2.05, 4.69) is 23.4 Å². The SMILES string of the molecule is C=C(Cn1ccn(CC)c1=O)N(CC)CCC(C)c1csc(-c2cccc(C(F)(F)F)c2)n1. The average Bonchev–Trinajstić information content (AvgIpc) is 3.41. The molecule has 0 saturated carbocycles. The molecule has 0 aliphatic rings. The van der Waals surface area contributed by atoms with E-state index in [9.17, 15) is 18.0 Å². The van der Waals surface area contributed by atoms with Gasteiger partial charge >= 0.3 is 11.9 Å². The topological polar surface area (TPSA) is 43.1 Å². The summed E-state index contributed by atoms with van der Waals surface area (Å²) in [4.78, 5) is 19.0. The van der Waals surface area contributed by atoms with Gasteiger partial charge in [0.1, 0.15) is 5.01 Å². The van der Waals surface area contributed by atoms with Crippen LogP contribution in [-0.4, -0.2) is 32.1 Å². The zero-order valence-corrected chi connectivity index (χ0v) is 19.9. The summed E-state index contributed by atoms with van der Waals surface area (Å²) < 4.78 is 42.4. The molecule has 1 atom stereocenters. The largest absolute Gasteiger partial charge is 0.416 e. The molecule has 0 amide bonds. The fraction of sp³-hybridized carbons (Fsp3) is 0.417. The number of aryl methyl sites for hydroxylation is 1. The second kappa shape index (κ2) is 10.4. The van der Waals surface area contributed by atoms with Gasteiger partial charge in [-0.05, 0) is 32.4 Å². The van der Waals surface area contributed by atoms with Gasteiger partial charge in [0.05, 0.1) is 17.8 Å². The molecule has 3 aromatic rings. The van der Waals surface area contributed by atoms with Gasteiger partial charge in [0, 0.05) is 54.6 Å². The van der Waals surface area contributed by atoms with Crippen LogP contribution in [0, 0.1) is 0 Å². The molecular weight excluding hydrogens is 449 g/mol. The number of thiazole rings is 1. The minimum atomic E-state index is -4.38. The summed E-state index contributed by atoms with van der Waals surface area (Å²) in [6.45, 7) is 12.8. The van der Waals surface area contributed by atoms with E-state index < -0.39 is 11.7 Å². The van der Waals surface area contributed by atoms with Gasteiger partial charge in [-0.15, -0.1) is 11.3 Å². The summed E-state index contributed by atoms with van der Waals surface area (Å²) in [5.41, 5.74) is 1.48. The summed E-state index contributed by atoms with van der Waals surface area (Å²) in [7, 11) is 0. The fourth-order valence-electron chi connectivity index (χ4n) is 3.62. The third-order valence-corrected chi connectivity index (χ3v) is 6.65. The highest BCUT2D eigenvalue weighted by Gasteiger charge is 2.30. The van der Waals surface area contributed by atoms with Crippen molar-refractivity contribution in [1.29, 1.82) is 0 Å². The van der Waals surface area contributed by atoms with Crippen molar-refractivity contribution in [2.24, 2.45) is 0 Å². The Balaban J connectivity index is 1.62. The standard InChI is InChI=1S/C24H29F3N4OS/c1-5-29(18(4)15-31-13-12-30(6-2)23(31)32)11-10-17(3)21-16-33-22(28-21)19-8-7-9-20(14-19)24(25,26)27/h7-9,12-14,16-17H,4-6,10-11,15H2,1-3H3. The number of rotatable bonds is 10. The summed E-state index contributed by atoms with van der Waals surface area (Å²) in [5, 5.41) is 2.50. The number of allylic oxidation sites excluding steroid dienone is 1. The fourth-order valence-corrected chi connectivity index (χ4v) is 4.56. The highest BCUT2D eigenvalue weighted by Crippen LogP contribution is 2.34. The molecule has 33 heavy (non-hydrogen) atoms. The molecular formula is C24H29F3N4OS. The Kier molecular flexibility index (Phi) is 7.84. The molecule has 178 valence electrons. The van der Waals surface area contributed by atoms with E-state index in [0.29, 0.717) is 23.7 Å².